The Bertz CT molecular complexity index is 469. The summed E-state index contributed by atoms with van der Waals surface area (Å²) >= 11 is 0. The standard InChI is InChI=1S/C13H15F2NO4/c1-4-9(3)16-12(17)8-18-10(5-2)6-11-7-19-13(14,15)20-11/h5-7H,2-4,8H2,1H3,(H,16,17)/b10-6+. The third kappa shape index (κ3) is 5.13. The molecule has 0 unspecified atom stereocenters. The summed E-state index contributed by atoms with van der Waals surface area (Å²) in [6, 6.07) is 0. The molecule has 0 atom stereocenters. The summed E-state index contributed by atoms with van der Waals surface area (Å²) in [5, 5.41) is 2.51. The molecule has 1 amide bonds. The summed E-state index contributed by atoms with van der Waals surface area (Å²) < 4.78 is 38.4. The predicted octanol–water partition coefficient (Wildman–Crippen LogP) is 2.55. The molecule has 1 N–H and O–H groups in total. The lowest BCUT2D eigenvalue weighted by Crippen LogP contribution is -2.26. The van der Waals surface area contributed by atoms with Crippen LogP contribution in [0.25, 0.3) is 0 Å². The fourth-order valence-corrected chi connectivity index (χ4v) is 1.15. The number of alkyl halides is 2. The summed E-state index contributed by atoms with van der Waals surface area (Å²) in [6.45, 7) is 8.58. The lowest BCUT2D eigenvalue weighted by Gasteiger charge is -2.09. The van der Waals surface area contributed by atoms with Crippen molar-refractivity contribution in [1.82, 2.24) is 5.32 Å². The Morgan fingerprint density at radius 2 is 2.30 bits per heavy atom. The molecule has 1 heterocycles. The van der Waals surface area contributed by atoms with Gasteiger partial charge in [0.15, 0.2) is 12.4 Å². The van der Waals surface area contributed by atoms with Gasteiger partial charge >= 0.3 is 6.29 Å². The zero-order chi connectivity index (χ0) is 15.2. The molecule has 0 saturated heterocycles. The first-order valence-electron chi connectivity index (χ1n) is 5.75. The molecule has 5 nitrogen and oxygen atoms in total. The van der Waals surface area contributed by atoms with Crippen molar-refractivity contribution >= 4 is 5.91 Å². The molecular weight excluding hydrogens is 272 g/mol. The normalized spacial score (nSPS) is 16.6. The molecule has 110 valence electrons. The Kier molecular flexibility index (Phi) is 5.31. The van der Waals surface area contributed by atoms with Crippen LogP contribution in [0.4, 0.5) is 8.78 Å². The molecule has 1 rings (SSSR count). The van der Waals surface area contributed by atoms with Gasteiger partial charge in [-0.25, -0.2) is 0 Å². The van der Waals surface area contributed by atoms with Crippen LogP contribution in [0, 0.1) is 0 Å². The van der Waals surface area contributed by atoms with Gasteiger partial charge in [-0.3, -0.25) is 4.79 Å². The summed E-state index contributed by atoms with van der Waals surface area (Å²) in [5.74, 6) is -0.550. The highest BCUT2D eigenvalue weighted by Gasteiger charge is 2.39. The second-order valence-corrected chi connectivity index (χ2v) is 3.75. The lowest BCUT2D eigenvalue weighted by molar-refractivity contribution is -0.332. The maximum atomic E-state index is 12.6. The monoisotopic (exact) mass is 287 g/mol. The highest BCUT2D eigenvalue weighted by molar-refractivity contribution is 5.79. The number of rotatable bonds is 7. The van der Waals surface area contributed by atoms with Crippen molar-refractivity contribution in [3.8, 4) is 0 Å². The van der Waals surface area contributed by atoms with E-state index < -0.39 is 12.2 Å². The van der Waals surface area contributed by atoms with E-state index in [1.807, 2.05) is 6.92 Å². The van der Waals surface area contributed by atoms with Gasteiger partial charge in [0.25, 0.3) is 5.91 Å². The van der Waals surface area contributed by atoms with E-state index in [0.717, 1.165) is 12.3 Å². The van der Waals surface area contributed by atoms with E-state index in [-0.39, 0.29) is 18.1 Å². The first-order chi connectivity index (χ1) is 9.36. The number of hydrogen-bond donors (Lipinski definition) is 1. The van der Waals surface area contributed by atoms with E-state index in [4.69, 9.17) is 4.74 Å². The summed E-state index contributed by atoms with van der Waals surface area (Å²) in [5.41, 5.74) is 0.553. The minimum atomic E-state index is -3.69. The zero-order valence-corrected chi connectivity index (χ0v) is 10.9. The van der Waals surface area contributed by atoms with Crippen LogP contribution in [0.1, 0.15) is 13.3 Å². The number of nitrogens with one attached hydrogen (secondary N) is 1. The van der Waals surface area contributed by atoms with E-state index in [2.05, 4.69) is 27.9 Å². The molecule has 7 heteroatoms. The maximum absolute atomic E-state index is 12.6. The average molecular weight is 287 g/mol. The Hall–Kier alpha value is -2.31. The number of allylic oxidation sites excluding steroid dienone is 3. The molecule has 0 spiro atoms. The number of carbonyl (C=O) groups excluding carboxylic acids is 1. The summed E-state index contributed by atoms with van der Waals surface area (Å²) in [7, 11) is 0. The molecule has 0 fully saturated rings. The molecule has 0 radical (unpaired) electrons. The van der Waals surface area contributed by atoms with Crippen molar-refractivity contribution in [2.45, 2.75) is 19.6 Å². The molecule has 20 heavy (non-hydrogen) atoms. The average Bonchev–Trinajstić information content (AvgIpc) is 2.73. The van der Waals surface area contributed by atoms with Crippen LogP contribution in [-0.4, -0.2) is 18.8 Å². The number of halogens is 2. The van der Waals surface area contributed by atoms with E-state index in [1.165, 1.54) is 6.08 Å². The third-order valence-corrected chi connectivity index (χ3v) is 2.15. The Labute approximate surface area is 115 Å². The molecule has 0 aromatic rings. The van der Waals surface area contributed by atoms with Crippen LogP contribution >= 0.6 is 0 Å². The first-order valence-corrected chi connectivity index (χ1v) is 5.75. The van der Waals surface area contributed by atoms with Gasteiger partial charge < -0.3 is 19.5 Å². The summed E-state index contributed by atoms with van der Waals surface area (Å²) in [4.78, 5) is 11.4. The van der Waals surface area contributed by atoms with Crippen LogP contribution < -0.4 is 5.32 Å². The molecule has 0 aromatic carbocycles. The molecule has 1 aliphatic heterocycles. The number of hydrogen-bond acceptors (Lipinski definition) is 4. The van der Waals surface area contributed by atoms with Crippen LogP contribution in [0.5, 0.6) is 0 Å². The third-order valence-electron chi connectivity index (χ3n) is 2.15. The number of carbonyl (C=O) groups is 1. The van der Waals surface area contributed by atoms with E-state index >= 15 is 0 Å². The van der Waals surface area contributed by atoms with Gasteiger partial charge in [-0.15, -0.1) is 8.78 Å². The lowest BCUT2D eigenvalue weighted by atomic mass is 10.3. The van der Waals surface area contributed by atoms with Gasteiger partial charge in [-0.2, -0.15) is 0 Å². The molecule has 1 aliphatic rings. The maximum Gasteiger partial charge on any atom is 0.585 e. The summed E-state index contributed by atoms with van der Waals surface area (Å²) in [6.07, 6.45) is 0.0433. The van der Waals surface area contributed by atoms with Gasteiger partial charge in [0, 0.05) is 11.8 Å². The Morgan fingerprint density at radius 3 is 2.80 bits per heavy atom. The Balaban J connectivity index is 2.50. The highest BCUT2D eigenvalue weighted by Crippen LogP contribution is 2.29. The van der Waals surface area contributed by atoms with Gasteiger partial charge in [-0.1, -0.05) is 20.1 Å². The van der Waals surface area contributed by atoms with E-state index in [0.29, 0.717) is 12.1 Å². The molecule has 0 aromatic heterocycles. The van der Waals surface area contributed by atoms with Crippen LogP contribution in [0.3, 0.4) is 0 Å². The highest BCUT2D eigenvalue weighted by atomic mass is 19.3. The Morgan fingerprint density at radius 1 is 1.60 bits per heavy atom. The van der Waals surface area contributed by atoms with Gasteiger partial charge in [0.1, 0.15) is 12.0 Å². The van der Waals surface area contributed by atoms with Crippen molar-refractivity contribution in [1.29, 1.82) is 0 Å². The molecular formula is C13H15F2NO4. The van der Waals surface area contributed by atoms with Crippen molar-refractivity contribution < 1.29 is 27.8 Å². The first kappa shape index (κ1) is 15.7. The SMILES string of the molecule is C=C/C(=C\C1=COC(F)(F)O1)OCC(=O)NC(=C)CC. The fraction of sp³-hybridized carbons (Fsp3) is 0.308. The van der Waals surface area contributed by atoms with Crippen LogP contribution in [0.15, 0.2) is 48.8 Å². The van der Waals surface area contributed by atoms with Crippen molar-refractivity contribution in [3.05, 3.63) is 48.8 Å². The van der Waals surface area contributed by atoms with E-state index in [9.17, 15) is 13.6 Å². The van der Waals surface area contributed by atoms with Gasteiger partial charge in [0.2, 0.25) is 0 Å². The minimum absolute atomic E-state index is 0.0924. The van der Waals surface area contributed by atoms with Crippen LogP contribution in [0.2, 0.25) is 0 Å². The largest absolute Gasteiger partial charge is 0.585 e. The van der Waals surface area contributed by atoms with Crippen molar-refractivity contribution in [2.24, 2.45) is 0 Å². The number of amides is 1. The topological polar surface area (TPSA) is 56.8 Å². The zero-order valence-electron chi connectivity index (χ0n) is 10.9. The smallest absolute Gasteiger partial charge is 0.484 e. The fourth-order valence-electron chi connectivity index (χ4n) is 1.15. The quantitative estimate of drug-likeness (QED) is 0.577. The van der Waals surface area contributed by atoms with E-state index in [1.54, 1.807) is 0 Å². The van der Waals surface area contributed by atoms with Gasteiger partial charge in [0.05, 0.1) is 0 Å². The number of ether oxygens (including phenoxy) is 3. The molecule has 0 aliphatic carbocycles. The van der Waals surface area contributed by atoms with Gasteiger partial charge in [-0.05, 0) is 12.5 Å². The molecule has 0 saturated carbocycles. The predicted molar refractivity (Wildman–Crippen MR) is 67.0 cm³/mol. The molecule has 0 bridgehead atoms. The van der Waals surface area contributed by atoms with Crippen molar-refractivity contribution in [2.75, 3.05) is 6.61 Å². The van der Waals surface area contributed by atoms with Crippen molar-refractivity contribution in [3.63, 3.8) is 0 Å². The van der Waals surface area contributed by atoms with Crippen LogP contribution in [-0.2, 0) is 19.0 Å². The second kappa shape index (κ2) is 6.74. The minimum Gasteiger partial charge on any atom is -0.484 e. The second-order valence-electron chi connectivity index (χ2n) is 3.75.